The standard InChI is InChI=1S/C16H18N2O/c1-3-12-5-4-6-13(10-12)19-15-8-7-11(2)9-14(15)16(17)18/h4-10H,3H2,1-2H3,(H3,17,18). The summed E-state index contributed by atoms with van der Waals surface area (Å²) in [4.78, 5) is 0. The van der Waals surface area contributed by atoms with E-state index in [0.29, 0.717) is 11.3 Å². The molecule has 3 N–H and O–H groups in total. The number of rotatable bonds is 4. The normalized spacial score (nSPS) is 10.2. The molecule has 2 aromatic carbocycles. The minimum atomic E-state index is 0.0188. The lowest BCUT2D eigenvalue weighted by Gasteiger charge is -2.11. The van der Waals surface area contributed by atoms with Gasteiger partial charge < -0.3 is 10.5 Å². The van der Waals surface area contributed by atoms with Crippen LogP contribution in [0.1, 0.15) is 23.6 Å². The van der Waals surface area contributed by atoms with Crippen LogP contribution >= 0.6 is 0 Å². The Morgan fingerprint density at radius 2 is 2.00 bits per heavy atom. The predicted molar refractivity (Wildman–Crippen MR) is 78.1 cm³/mol. The van der Waals surface area contributed by atoms with Gasteiger partial charge >= 0.3 is 0 Å². The number of hydrogen-bond donors (Lipinski definition) is 2. The average Bonchev–Trinajstić information content (AvgIpc) is 2.41. The van der Waals surface area contributed by atoms with Gasteiger partial charge in [-0.25, -0.2) is 0 Å². The summed E-state index contributed by atoms with van der Waals surface area (Å²) in [5.41, 5.74) is 8.50. The molecule has 0 aromatic heterocycles. The molecule has 2 rings (SSSR count). The summed E-state index contributed by atoms with van der Waals surface area (Å²) in [7, 11) is 0. The van der Waals surface area contributed by atoms with E-state index in [1.54, 1.807) is 0 Å². The topological polar surface area (TPSA) is 59.1 Å². The van der Waals surface area contributed by atoms with Crippen LogP contribution in [0.25, 0.3) is 0 Å². The Kier molecular flexibility index (Phi) is 3.85. The summed E-state index contributed by atoms with van der Waals surface area (Å²) in [6, 6.07) is 13.6. The lowest BCUT2D eigenvalue weighted by molar-refractivity contribution is 0.480. The van der Waals surface area contributed by atoms with Crippen molar-refractivity contribution in [1.29, 1.82) is 5.41 Å². The molecule has 0 aliphatic carbocycles. The van der Waals surface area contributed by atoms with E-state index < -0.39 is 0 Å². The van der Waals surface area contributed by atoms with E-state index in [1.807, 2.05) is 43.3 Å². The quantitative estimate of drug-likeness (QED) is 0.646. The van der Waals surface area contributed by atoms with Gasteiger partial charge in [0.15, 0.2) is 0 Å². The van der Waals surface area contributed by atoms with E-state index in [1.165, 1.54) is 5.56 Å². The second kappa shape index (κ2) is 5.57. The molecule has 3 heteroatoms. The smallest absolute Gasteiger partial charge is 0.138 e. The monoisotopic (exact) mass is 254 g/mol. The Balaban J connectivity index is 2.34. The van der Waals surface area contributed by atoms with Gasteiger partial charge in [-0.05, 0) is 43.2 Å². The molecule has 0 saturated heterocycles. The number of nitrogens with one attached hydrogen (secondary N) is 1. The van der Waals surface area contributed by atoms with Crippen LogP contribution in [0, 0.1) is 12.3 Å². The third-order valence-corrected chi connectivity index (χ3v) is 2.96. The van der Waals surface area contributed by atoms with Crippen molar-refractivity contribution >= 4 is 5.84 Å². The Morgan fingerprint density at radius 1 is 1.21 bits per heavy atom. The van der Waals surface area contributed by atoms with Crippen LogP contribution in [-0.2, 0) is 6.42 Å². The molecule has 0 aliphatic heterocycles. The molecule has 0 atom stereocenters. The summed E-state index contributed by atoms with van der Waals surface area (Å²) in [5, 5.41) is 7.61. The molecular formula is C16H18N2O. The molecule has 0 saturated carbocycles. The molecule has 0 unspecified atom stereocenters. The van der Waals surface area contributed by atoms with Gasteiger partial charge in [-0.2, -0.15) is 0 Å². The van der Waals surface area contributed by atoms with Crippen LogP contribution in [0.5, 0.6) is 11.5 Å². The van der Waals surface area contributed by atoms with E-state index in [4.69, 9.17) is 15.9 Å². The lowest BCUT2D eigenvalue weighted by atomic mass is 10.1. The fourth-order valence-electron chi connectivity index (χ4n) is 1.90. The highest BCUT2D eigenvalue weighted by molar-refractivity contribution is 5.97. The molecule has 2 aromatic rings. The summed E-state index contributed by atoms with van der Waals surface area (Å²) in [5.74, 6) is 1.41. The molecule has 0 aliphatic rings. The molecular weight excluding hydrogens is 236 g/mol. The van der Waals surface area contributed by atoms with Gasteiger partial charge in [-0.1, -0.05) is 30.7 Å². The van der Waals surface area contributed by atoms with Gasteiger partial charge in [0.25, 0.3) is 0 Å². The van der Waals surface area contributed by atoms with E-state index >= 15 is 0 Å². The van der Waals surface area contributed by atoms with Gasteiger partial charge in [-0.15, -0.1) is 0 Å². The first-order valence-corrected chi connectivity index (χ1v) is 6.32. The molecule has 19 heavy (non-hydrogen) atoms. The van der Waals surface area contributed by atoms with Crippen molar-refractivity contribution in [2.45, 2.75) is 20.3 Å². The molecule has 0 radical (unpaired) electrons. The maximum absolute atomic E-state index is 7.61. The number of ether oxygens (including phenoxy) is 1. The largest absolute Gasteiger partial charge is 0.457 e. The van der Waals surface area contributed by atoms with Crippen LogP contribution in [0.3, 0.4) is 0 Å². The van der Waals surface area contributed by atoms with Crippen LogP contribution in [0.2, 0.25) is 0 Å². The summed E-state index contributed by atoms with van der Waals surface area (Å²) >= 11 is 0. The Bertz CT molecular complexity index is 605. The van der Waals surface area contributed by atoms with Crippen molar-refractivity contribution in [2.24, 2.45) is 5.73 Å². The fraction of sp³-hybridized carbons (Fsp3) is 0.188. The van der Waals surface area contributed by atoms with Crippen LogP contribution in [-0.4, -0.2) is 5.84 Å². The molecule has 0 fully saturated rings. The minimum absolute atomic E-state index is 0.0188. The van der Waals surface area contributed by atoms with Crippen molar-refractivity contribution in [3.8, 4) is 11.5 Å². The number of nitrogen functional groups attached to an aromatic ring is 1. The van der Waals surface area contributed by atoms with Crippen molar-refractivity contribution in [3.05, 3.63) is 59.2 Å². The van der Waals surface area contributed by atoms with Crippen molar-refractivity contribution in [3.63, 3.8) is 0 Å². The predicted octanol–water partition coefficient (Wildman–Crippen LogP) is 3.63. The fourth-order valence-corrected chi connectivity index (χ4v) is 1.90. The highest BCUT2D eigenvalue weighted by Crippen LogP contribution is 2.26. The van der Waals surface area contributed by atoms with Gasteiger partial charge in [0, 0.05) is 0 Å². The van der Waals surface area contributed by atoms with E-state index in [9.17, 15) is 0 Å². The Morgan fingerprint density at radius 3 is 2.68 bits per heavy atom. The second-order valence-electron chi connectivity index (χ2n) is 4.52. The van der Waals surface area contributed by atoms with Crippen molar-refractivity contribution < 1.29 is 4.74 Å². The number of hydrogen-bond acceptors (Lipinski definition) is 2. The summed E-state index contributed by atoms with van der Waals surface area (Å²) in [6.45, 7) is 4.07. The van der Waals surface area contributed by atoms with Crippen molar-refractivity contribution in [2.75, 3.05) is 0 Å². The van der Waals surface area contributed by atoms with Gasteiger partial charge in [0.2, 0.25) is 0 Å². The first kappa shape index (κ1) is 13.1. The van der Waals surface area contributed by atoms with Gasteiger partial charge in [0.1, 0.15) is 17.3 Å². The summed E-state index contributed by atoms with van der Waals surface area (Å²) in [6.07, 6.45) is 0.963. The van der Waals surface area contributed by atoms with E-state index in [-0.39, 0.29) is 5.84 Å². The van der Waals surface area contributed by atoms with Crippen molar-refractivity contribution in [1.82, 2.24) is 0 Å². The zero-order valence-electron chi connectivity index (χ0n) is 11.2. The Hall–Kier alpha value is -2.29. The molecule has 0 spiro atoms. The highest BCUT2D eigenvalue weighted by Gasteiger charge is 2.08. The zero-order valence-corrected chi connectivity index (χ0v) is 11.2. The number of amidine groups is 1. The Labute approximate surface area is 113 Å². The number of benzene rings is 2. The lowest BCUT2D eigenvalue weighted by Crippen LogP contribution is -2.12. The third kappa shape index (κ3) is 3.13. The third-order valence-electron chi connectivity index (χ3n) is 2.96. The molecule has 98 valence electrons. The molecule has 0 heterocycles. The highest BCUT2D eigenvalue weighted by atomic mass is 16.5. The van der Waals surface area contributed by atoms with Crippen LogP contribution in [0.4, 0.5) is 0 Å². The minimum Gasteiger partial charge on any atom is -0.457 e. The maximum Gasteiger partial charge on any atom is 0.138 e. The first-order chi connectivity index (χ1) is 9.10. The second-order valence-corrected chi connectivity index (χ2v) is 4.52. The SMILES string of the molecule is CCc1cccc(Oc2ccc(C)cc2C(=N)N)c1. The molecule has 0 bridgehead atoms. The summed E-state index contributed by atoms with van der Waals surface area (Å²) < 4.78 is 5.85. The molecule has 0 amide bonds. The van der Waals surface area contributed by atoms with E-state index in [0.717, 1.165) is 17.7 Å². The number of nitrogens with two attached hydrogens (primary N) is 1. The van der Waals surface area contributed by atoms with Crippen LogP contribution < -0.4 is 10.5 Å². The average molecular weight is 254 g/mol. The van der Waals surface area contributed by atoms with E-state index in [2.05, 4.69) is 13.0 Å². The maximum atomic E-state index is 7.61. The van der Waals surface area contributed by atoms with Gasteiger partial charge in [0.05, 0.1) is 5.56 Å². The van der Waals surface area contributed by atoms with Gasteiger partial charge in [-0.3, -0.25) is 5.41 Å². The molecule has 3 nitrogen and oxygen atoms in total. The zero-order chi connectivity index (χ0) is 13.8. The first-order valence-electron chi connectivity index (χ1n) is 6.32. The van der Waals surface area contributed by atoms with Crippen LogP contribution in [0.15, 0.2) is 42.5 Å². The number of aryl methyl sites for hydroxylation is 2.